The zero-order valence-electron chi connectivity index (χ0n) is 17.6. The average Bonchev–Trinajstić information content (AvgIpc) is 3.32. The van der Waals surface area contributed by atoms with Gasteiger partial charge in [-0.25, -0.2) is 4.79 Å². The van der Waals surface area contributed by atoms with Crippen LogP contribution in [0.2, 0.25) is 0 Å². The minimum atomic E-state index is -1.61. The monoisotopic (exact) mass is 445 g/mol. The molecule has 0 saturated carbocycles. The van der Waals surface area contributed by atoms with Crippen molar-refractivity contribution in [3.63, 3.8) is 0 Å². The lowest BCUT2D eigenvalue weighted by molar-refractivity contribution is -0.122. The van der Waals surface area contributed by atoms with Crippen LogP contribution in [-0.2, 0) is 11.2 Å². The number of H-pyrrole nitrogens is 2. The number of methoxy groups -OCH3 is 1. The number of carbonyl (C=O) groups excluding carboxylic acids is 3. The molecule has 33 heavy (non-hydrogen) atoms. The number of imide groups is 1. The van der Waals surface area contributed by atoms with Crippen molar-refractivity contribution in [1.82, 2.24) is 25.7 Å². The summed E-state index contributed by atoms with van der Waals surface area (Å²) in [7, 11) is 1.52. The predicted octanol–water partition coefficient (Wildman–Crippen LogP) is 0.493. The number of amides is 4. The third kappa shape index (κ3) is 3.49. The van der Waals surface area contributed by atoms with E-state index in [-0.39, 0.29) is 18.0 Å². The lowest BCUT2D eigenvalue weighted by atomic mass is 9.94. The van der Waals surface area contributed by atoms with E-state index in [4.69, 9.17) is 4.74 Å². The molecule has 0 aliphatic carbocycles. The van der Waals surface area contributed by atoms with Gasteiger partial charge < -0.3 is 15.0 Å². The van der Waals surface area contributed by atoms with Crippen LogP contribution in [0.4, 0.5) is 4.79 Å². The molecule has 0 bridgehead atoms. The molecule has 1 unspecified atom stereocenters. The highest BCUT2D eigenvalue weighted by Gasteiger charge is 2.47. The first kappa shape index (κ1) is 20.4. The van der Waals surface area contributed by atoms with Gasteiger partial charge in [0.15, 0.2) is 0 Å². The van der Waals surface area contributed by atoms with Crippen LogP contribution in [0.5, 0.6) is 5.75 Å². The number of hydrogen-bond donors (Lipinski definition) is 4. The van der Waals surface area contributed by atoms with Gasteiger partial charge in [0.25, 0.3) is 17.4 Å². The zero-order chi connectivity index (χ0) is 23.2. The van der Waals surface area contributed by atoms with Gasteiger partial charge in [-0.15, -0.1) is 0 Å². The van der Waals surface area contributed by atoms with Crippen LogP contribution in [0.3, 0.4) is 0 Å². The number of carbonyl (C=O) groups is 3. The van der Waals surface area contributed by atoms with Crippen LogP contribution in [0.25, 0.3) is 10.9 Å². The van der Waals surface area contributed by atoms with Gasteiger partial charge in [0.2, 0.25) is 5.54 Å². The Morgan fingerprint density at radius 2 is 1.94 bits per heavy atom. The van der Waals surface area contributed by atoms with Gasteiger partial charge in [0.1, 0.15) is 5.75 Å². The normalized spacial score (nSPS) is 19.5. The third-order valence-corrected chi connectivity index (χ3v) is 5.85. The average molecular weight is 445 g/mol. The van der Waals surface area contributed by atoms with Crippen molar-refractivity contribution >= 4 is 28.7 Å². The van der Waals surface area contributed by atoms with E-state index < -0.39 is 17.5 Å². The van der Waals surface area contributed by atoms with Crippen molar-refractivity contribution in [2.75, 3.05) is 20.2 Å². The summed E-state index contributed by atoms with van der Waals surface area (Å²) in [6.07, 6.45) is 0.599. The Balaban J connectivity index is 1.48. The highest BCUT2D eigenvalue weighted by molar-refractivity contribution is 6.10. The second-order valence-electron chi connectivity index (χ2n) is 7.90. The maximum Gasteiger partial charge on any atom is 0.323 e. The molecule has 2 aliphatic heterocycles. The number of hydrogen-bond acceptors (Lipinski definition) is 5. The van der Waals surface area contributed by atoms with Gasteiger partial charge in [0.05, 0.1) is 24.6 Å². The van der Waals surface area contributed by atoms with Gasteiger partial charge in [-0.05, 0) is 42.3 Å². The summed E-state index contributed by atoms with van der Waals surface area (Å²) in [5.41, 5.74) is 0.637. The molecule has 4 N–H and O–H groups in total. The number of urea groups is 1. The van der Waals surface area contributed by atoms with Gasteiger partial charge in [-0.1, -0.05) is 17.9 Å². The fourth-order valence-electron chi connectivity index (χ4n) is 4.09. The third-order valence-electron chi connectivity index (χ3n) is 5.85. The van der Waals surface area contributed by atoms with Crippen LogP contribution >= 0.6 is 0 Å². The summed E-state index contributed by atoms with van der Waals surface area (Å²) >= 11 is 0. The summed E-state index contributed by atoms with van der Waals surface area (Å²) in [6.45, 7) is 0.261. The highest BCUT2D eigenvalue weighted by atomic mass is 16.5. The highest BCUT2D eigenvalue weighted by Crippen LogP contribution is 2.25. The molecule has 10 nitrogen and oxygen atoms in total. The van der Waals surface area contributed by atoms with Crippen molar-refractivity contribution in [3.8, 4) is 17.6 Å². The Morgan fingerprint density at radius 3 is 2.70 bits per heavy atom. The lowest BCUT2D eigenvalue weighted by Crippen LogP contribution is -2.56. The van der Waals surface area contributed by atoms with E-state index in [9.17, 15) is 19.2 Å². The fraction of sp³-hybridized carbons (Fsp3) is 0.217. The Hall–Kier alpha value is -4.52. The van der Waals surface area contributed by atoms with E-state index in [1.54, 1.807) is 30.3 Å². The molecule has 1 atom stereocenters. The van der Waals surface area contributed by atoms with E-state index in [0.29, 0.717) is 40.7 Å². The molecule has 3 heterocycles. The fourth-order valence-corrected chi connectivity index (χ4v) is 4.09. The summed E-state index contributed by atoms with van der Waals surface area (Å²) in [6, 6.07) is 9.58. The number of ether oxygens (including phenoxy) is 1. The zero-order valence-corrected chi connectivity index (χ0v) is 17.6. The van der Waals surface area contributed by atoms with Crippen LogP contribution in [0.15, 0.2) is 41.2 Å². The van der Waals surface area contributed by atoms with Gasteiger partial charge in [-0.2, -0.15) is 0 Å². The standard InChI is InChI=1S/C23H19N5O5/c1-33-15-4-3-14-7-9-28(20(30)17(14)11-15)12-23(21(31)24-22(32)25-23)8-6-13-2-5-16-18(10-13)26-27-19(16)29/h2-5,10-11H,7,9,12H2,1H3,(H2,26,27,29)(H2,24,25,31,32). The van der Waals surface area contributed by atoms with Crippen LogP contribution in [0, 0.1) is 11.8 Å². The molecular weight excluding hydrogens is 426 g/mol. The number of nitrogens with one attached hydrogen (secondary N) is 4. The molecule has 166 valence electrons. The number of rotatable bonds is 3. The SMILES string of the molecule is COc1ccc2c(c1)C(=O)N(CC1(C#Cc3ccc4c(=O)[nH][nH]c4c3)NC(=O)NC1=O)CC2. The minimum Gasteiger partial charge on any atom is -0.497 e. The predicted molar refractivity (Wildman–Crippen MR) is 118 cm³/mol. The quantitative estimate of drug-likeness (QED) is 0.344. The molecule has 3 aromatic rings. The Kier molecular flexibility index (Phi) is 4.67. The van der Waals surface area contributed by atoms with Crippen molar-refractivity contribution < 1.29 is 19.1 Å². The van der Waals surface area contributed by atoms with E-state index in [0.717, 1.165) is 5.56 Å². The van der Waals surface area contributed by atoms with Gasteiger partial charge in [0, 0.05) is 17.7 Å². The first-order valence-electron chi connectivity index (χ1n) is 10.2. The second kappa shape index (κ2) is 7.56. The molecule has 1 fully saturated rings. The molecular formula is C23H19N5O5. The molecule has 0 spiro atoms. The number of aromatic amines is 2. The largest absolute Gasteiger partial charge is 0.497 e. The van der Waals surface area contributed by atoms with Gasteiger partial charge >= 0.3 is 6.03 Å². The molecule has 2 aromatic carbocycles. The minimum absolute atomic E-state index is 0.115. The molecule has 10 heteroatoms. The Morgan fingerprint density at radius 1 is 1.09 bits per heavy atom. The topological polar surface area (TPSA) is 136 Å². The van der Waals surface area contributed by atoms with Gasteiger partial charge in [-0.3, -0.25) is 29.9 Å². The number of nitrogens with zero attached hydrogens (tertiary/aromatic N) is 1. The molecule has 1 saturated heterocycles. The van der Waals surface area contributed by atoms with Crippen LogP contribution < -0.4 is 20.9 Å². The number of aromatic nitrogens is 2. The summed E-state index contributed by atoms with van der Waals surface area (Å²) in [5, 5.41) is 10.5. The van der Waals surface area contributed by atoms with E-state index >= 15 is 0 Å². The summed E-state index contributed by atoms with van der Waals surface area (Å²) in [4.78, 5) is 51.1. The van der Waals surface area contributed by atoms with Crippen molar-refractivity contribution in [2.24, 2.45) is 0 Å². The first-order valence-corrected chi connectivity index (χ1v) is 10.2. The number of fused-ring (bicyclic) bond motifs is 2. The van der Waals surface area contributed by atoms with E-state index in [1.165, 1.54) is 12.0 Å². The van der Waals surface area contributed by atoms with Crippen molar-refractivity contribution in [3.05, 3.63) is 63.4 Å². The van der Waals surface area contributed by atoms with Crippen molar-refractivity contribution in [1.29, 1.82) is 0 Å². The maximum atomic E-state index is 13.2. The van der Waals surface area contributed by atoms with Crippen molar-refractivity contribution in [2.45, 2.75) is 12.0 Å². The number of benzene rings is 2. The van der Waals surface area contributed by atoms with Crippen LogP contribution in [-0.4, -0.2) is 58.7 Å². The van der Waals surface area contributed by atoms with Crippen LogP contribution in [0.1, 0.15) is 21.5 Å². The Bertz CT molecular complexity index is 1440. The molecule has 4 amide bonds. The van der Waals surface area contributed by atoms with E-state index in [2.05, 4.69) is 32.7 Å². The second-order valence-corrected chi connectivity index (χ2v) is 7.90. The Labute approximate surface area is 187 Å². The summed E-state index contributed by atoms with van der Waals surface area (Å²) in [5.74, 6) is 5.43. The maximum absolute atomic E-state index is 13.2. The molecule has 2 aliphatic rings. The summed E-state index contributed by atoms with van der Waals surface area (Å²) < 4.78 is 5.23. The van der Waals surface area contributed by atoms with E-state index in [1.807, 2.05) is 6.07 Å². The molecule has 0 radical (unpaired) electrons. The first-order chi connectivity index (χ1) is 15.9. The smallest absolute Gasteiger partial charge is 0.323 e. The molecule has 1 aromatic heterocycles. The molecule has 5 rings (SSSR count). The lowest BCUT2D eigenvalue weighted by Gasteiger charge is -2.33.